The lowest BCUT2D eigenvalue weighted by atomic mass is 10.0. The van der Waals surface area contributed by atoms with Crippen LogP contribution in [0.25, 0.3) is 0 Å². The fourth-order valence-corrected chi connectivity index (χ4v) is 4.07. The molecule has 2 amide bonds. The van der Waals surface area contributed by atoms with E-state index < -0.39 is 5.60 Å². The first kappa shape index (κ1) is 25.7. The molecule has 1 saturated heterocycles. The quantitative estimate of drug-likeness (QED) is 0.703. The van der Waals surface area contributed by atoms with E-state index in [1.54, 1.807) is 29.2 Å². The number of hydrogen-bond acceptors (Lipinski definition) is 6. The summed E-state index contributed by atoms with van der Waals surface area (Å²) < 4.78 is 5.53. The Kier molecular flexibility index (Phi) is 7.78. The first-order chi connectivity index (χ1) is 16.5. The zero-order valence-corrected chi connectivity index (χ0v) is 20.9. The standard InChI is InChI=1S/C27H31N5O3/c1-18-16-31(9-10-32(18)26(34)35-27(3,4)5)17-23-12-21(15-29)13-24(19(23)2)30-25(33)22-8-6-7-20(11-22)14-28/h6-8,11-13,18H,9-10,16-17H2,1-5H3,(H,30,33). The Labute approximate surface area is 206 Å². The van der Waals surface area contributed by atoms with Gasteiger partial charge in [-0.2, -0.15) is 10.5 Å². The highest BCUT2D eigenvalue weighted by molar-refractivity contribution is 6.05. The Morgan fingerprint density at radius 2 is 1.83 bits per heavy atom. The zero-order chi connectivity index (χ0) is 25.8. The Hall–Kier alpha value is -3.88. The number of ether oxygens (including phenoxy) is 1. The molecule has 0 radical (unpaired) electrons. The fourth-order valence-electron chi connectivity index (χ4n) is 4.07. The molecule has 1 N–H and O–H groups in total. The Morgan fingerprint density at radius 1 is 1.11 bits per heavy atom. The highest BCUT2D eigenvalue weighted by Crippen LogP contribution is 2.25. The van der Waals surface area contributed by atoms with Crippen LogP contribution in [0.5, 0.6) is 0 Å². The van der Waals surface area contributed by atoms with Crippen LogP contribution in [0.4, 0.5) is 10.5 Å². The lowest BCUT2D eigenvalue weighted by molar-refractivity contribution is 0.000534. The van der Waals surface area contributed by atoms with E-state index in [4.69, 9.17) is 10.00 Å². The summed E-state index contributed by atoms with van der Waals surface area (Å²) in [5.74, 6) is -0.342. The minimum absolute atomic E-state index is 0.0235. The third-order valence-corrected chi connectivity index (χ3v) is 5.88. The average molecular weight is 474 g/mol. The van der Waals surface area contributed by atoms with Crippen molar-refractivity contribution in [1.82, 2.24) is 9.80 Å². The third-order valence-electron chi connectivity index (χ3n) is 5.88. The largest absolute Gasteiger partial charge is 0.444 e. The molecule has 1 aliphatic rings. The van der Waals surface area contributed by atoms with Crippen molar-refractivity contribution in [2.24, 2.45) is 0 Å². The lowest BCUT2D eigenvalue weighted by Crippen LogP contribution is -2.54. The number of anilines is 1. The van der Waals surface area contributed by atoms with Gasteiger partial charge in [0.1, 0.15) is 5.60 Å². The van der Waals surface area contributed by atoms with Gasteiger partial charge >= 0.3 is 6.09 Å². The van der Waals surface area contributed by atoms with Crippen molar-refractivity contribution < 1.29 is 14.3 Å². The van der Waals surface area contributed by atoms with Crippen LogP contribution in [0, 0.1) is 29.6 Å². The van der Waals surface area contributed by atoms with Gasteiger partial charge in [0.2, 0.25) is 0 Å². The number of carbonyl (C=O) groups is 2. The molecule has 8 heteroatoms. The van der Waals surface area contributed by atoms with Gasteiger partial charge in [-0.1, -0.05) is 6.07 Å². The smallest absolute Gasteiger partial charge is 0.410 e. The minimum Gasteiger partial charge on any atom is -0.444 e. The molecule has 35 heavy (non-hydrogen) atoms. The molecule has 1 heterocycles. The first-order valence-electron chi connectivity index (χ1n) is 11.6. The molecule has 0 bridgehead atoms. The Balaban J connectivity index is 1.75. The number of nitrogens with zero attached hydrogens (tertiary/aromatic N) is 4. The van der Waals surface area contributed by atoms with Crippen molar-refractivity contribution in [2.45, 2.75) is 52.8 Å². The van der Waals surface area contributed by atoms with Crippen molar-refractivity contribution >= 4 is 17.7 Å². The van der Waals surface area contributed by atoms with E-state index in [0.717, 1.165) is 11.1 Å². The molecule has 182 valence electrons. The van der Waals surface area contributed by atoms with Crippen LogP contribution in [0.15, 0.2) is 36.4 Å². The van der Waals surface area contributed by atoms with E-state index in [-0.39, 0.29) is 18.0 Å². The normalized spacial score (nSPS) is 16.2. The van der Waals surface area contributed by atoms with Crippen LogP contribution in [0.3, 0.4) is 0 Å². The molecule has 3 rings (SSSR count). The number of hydrogen-bond donors (Lipinski definition) is 1. The summed E-state index contributed by atoms with van der Waals surface area (Å²) in [6, 6.07) is 14.2. The van der Waals surface area contributed by atoms with Crippen molar-refractivity contribution in [3.8, 4) is 12.1 Å². The molecular formula is C27H31N5O3. The summed E-state index contributed by atoms with van der Waals surface area (Å²) in [4.78, 5) is 29.3. The summed E-state index contributed by atoms with van der Waals surface area (Å²) in [7, 11) is 0. The molecule has 0 spiro atoms. The van der Waals surface area contributed by atoms with Gasteiger partial charge in [0.15, 0.2) is 0 Å². The average Bonchev–Trinajstić information content (AvgIpc) is 2.80. The van der Waals surface area contributed by atoms with Gasteiger partial charge in [0, 0.05) is 43.5 Å². The van der Waals surface area contributed by atoms with Crippen LogP contribution < -0.4 is 5.32 Å². The SMILES string of the molecule is Cc1c(CN2CCN(C(=O)OC(C)(C)C)C(C)C2)cc(C#N)cc1NC(=O)c1cccc(C#N)c1. The molecule has 1 fully saturated rings. The van der Waals surface area contributed by atoms with E-state index >= 15 is 0 Å². The maximum absolute atomic E-state index is 12.8. The highest BCUT2D eigenvalue weighted by atomic mass is 16.6. The van der Waals surface area contributed by atoms with E-state index in [1.807, 2.05) is 46.8 Å². The van der Waals surface area contributed by atoms with Crippen molar-refractivity contribution in [1.29, 1.82) is 10.5 Å². The predicted molar refractivity (Wildman–Crippen MR) is 133 cm³/mol. The number of carbonyl (C=O) groups excluding carboxylic acids is 2. The second-order valence-corrected chi connectivity index (χ2v) is 9.82. The molecule has 8 nitrogen and oxygen atoms in total. The second-order valence-electron chi connectivity index (χ2n) is 9.82. The monoisotopic (exact) mass is 473 g/mol. The molecule has 0 aliphatic carbocycles. The van der Waals surface area contributed by atoms with Crippen molar-refractivity contribution in [3.63, 3.8) is 0 Å². The second kappa shape index (κ2) is 10.6. The summed E-state index contributed by atoms with van der Waals surface area (Å²) in [6.45, 7) is 11.9. The Morgan fingerprint density at radius 3 is 2.46 bits per heavy atom. The fraction of sp³-hybridized carbons (Fsp3) is 0.407. The minimum atomic E-state index is -0.542. The highest BCUT2D eigenvalue weighted by Gasteiger charge is 2.31. The van der Waals surface area contributed by atoms with Gasteiger partial charge in [-0.05, 0) is 76.1 Å². The molecule has 0 aromatic heterocycles. The van der Waals surface area contributed by atoms with Crippen LogP contribution >= 0.6 is 0 Å². The van der Waals surface area contributed by atoms with Crippen molar-refractivity contribution in [2.75, 3.05) is 25.0 Å². The van der Waals surface area contributed by atoms with Gasteiger partial charge in [0.25, 0.3) is 5.91 Å². The maximum atomic E-state index is 12.8. The zero-order valence-electron chi connectivity index (χ0n) is 20.9. The molecule has 1 aliphatic heterocycles. The van der Waals surface area contributed by atoms with Gasteiger partial charge in [-0.15, -0.1) is 0 Å². The summed E-state index contributed by atoms with van der Waals surface area (Å²) >= 11 is 0. The number of nitrogens with one attached hydrogen (secondary N) is 1. The summed E-state index contributed by atoms with van der Waals surface area (Å²) in [5, 5.41) is 21.6. The van der Waals surface area contributed by atoms with Crippen LogP contribution in [-0.4, -0.2) is 53.1 Å². The number of rotatable bonds is 4. The van der Waals surface area contributed by atoms with E-state index in [9.17, 15) is 14.9 Å². The van der Waals surface area contributed by atoms with Crippen LogP contribution in [0.1, 0.15) is 60.3 Å². The predicted octanol–water partition coefficient (Wildman–Crippen LogP) is 4.43. The van der Waals surface area contributed by atoms with Gasteiger partial charge in [-0.25, -0.2) is 4.79 Å². The molecule has 2 aromatic carbocycles. The van der Waals surface area contributed by atoms with Crippen LogP contribution in [0.2, 0.25) is 0 Å². The third kappa shape index (κ3) is 6.59. The van der Waals surface area contributed by atoms with Crippen molar-refractivity contribution in [3.05, 3.63) is 64.2 Å². The Bertz CT molecular complexity index is 1200. The summed E-state index contributed by atoms with van der Waals surface area (Å²) in [6.07, 6.45) is -0.308. The van der Waals surface area contributed by atoms with Gasteiger partial charge in [0.05, 0.1) is 23.3 Å². The first-order valence-corrected chi connectivity index (χ1v) is 11.6. The molecular weight excluding hydrogens is 442 g/mol. The number of nitriles is 2. The molecule has 1 unspecified atom stereocenters. The van der Waals surface area contributed by atoms with E-state index in [1.165, 1.54) is 6.07 Å². The van der Waals surface area contributed by atoms with Gasteiger partial charge in [-0.3, -0.25) is 9.69 Å². The number of amides is 2. The van der Waals surface area contributed by atoms with Gasteiger partial charge < -0.3 is 15.0 Å². The molecule has 2 aromatic rings. The number of piperazine rings is 1. The molecule has 0 saturated carbocycles. The molecule has 1 atom stereocenters. The van der Waals surface area contributed by atoms with E-state index in [0.29, 0.717) is 48.6 Å². The van der Waals surface area contributed by atoms with Crippen LogP contribution in [-0.2, 0) is 11.3 Å². The van der Waals surface area contributed by atoms with E-state index in [2.05, 4.69) is 16.3 Å². The topological polar surface area (TPSA) is 109 Å². The maximum Gasteiger partial charge on any atom is 0.410 e. The summed E-state index contributed by atoms with van der Waals surface area (Å²) in [5.41, 5.74) is 3.05. The number of benzene rings is 2. The lowest BCUT2D eigenvalue weighted by Gasteiger charge is -2.40.